The summed E-state index contributed by atoms with van der Waals surface area (Å²) in [5.41, 5.74) is 0.505. The number of rotatable bonds is 11. The molecule has 3 aromatic rings. The number of carbonyl (C=O) groups is 2. The molecular formula is C23H23F4N5O4. The number of hydrogen-bond donors (Lipinski definition) is 3. The largest absolute Gasteiger partial charge is 0.487 e. The number of alkyl halides is 3. The second-order valence-electron chi connectivity index (χ2n) is 7.57. The number of hydrogen-bond acceptors (Lipinski definition) is 6. The number of nitrogens with zero attached hydrogens (tertiary/aromatic N) is 3. The van der Waals surface area contributed by atoms with Gasteiger partial charge in [0.1, 0.15) is 30.4 Å². The average molecular weight is 509 g/mol. The van der Waals surface area contributed by atoms with E-state index in [0.717, 1.165) is 6.07 Å². The van der Waals surface area contributed by atoms with Gasteiger partial charge in [0.15, 0.2) is 5.69 Å². The zero-order valence-electron chi connectivity index (χ0n) is 18.9. The Bertz CT molecular complexity index is 1180. The van der Waals surface area contributed by atoms with Crippen molar-refractivity contribution in [3.8, 4) is 11.4 Å². The molecule has 2 aromatic carbocycles. The molecule has 3 N–H and O–H groups in total. The molecule has 0 fully saturated rings. The topological polar surface area (TPSA) is 118 Å². The molecule has 3 rings (SSSR count). The number of unbranched alkanes of at least 4 members (excludes halogenated alkanes) is 1. The highest BCUT2D eigenvalue weighted by Gasteiger charge is 2.28. The summed E-state index contributed by atoms with van der Waals surface area (Å²) in [6.45, 7) is -1.40. The molecule has 13 heteroatoms. The lowest BCUT2D eigenvalue weighted by Gasteiger charge is -2.11. The molecule has 1 heterocycles. The van der Waals surface area contributed by atoms with Gasteiger partial charge < -0.3 is 20.5 Å². The van der Waals surface area contributed by atoms with Gasteiger partial charge >= 0.3 is 6.18 Å². The number of aromatic nitrogens is 3. The van der Waals surface area contributed by atoms with E-state index in [1.807, 2.05) is 0 Å². The maximum absolute atomic E-state index is 13.5. The number of carbonyl (C=O) groups excluding carboxylic acids is 2. The molecule has 192 valence electrons. The highest BCUT2D eigenvalue weighted by Crippen LogP contribution is 2.19. The first-order valence-electron chi connectivity index (χ1n) is 10.9. The van der Waals surface area contributed by atoms with Gasteiger partial charge in [-0.05, 0) is 49.2 Å². The van der Waals surface area contributed by atoms with Crippen molar-refractivity contribution in [2.24, 2.45) is 0 Å². The zero-order valence-corrected chi connectivity index (χ0v) is 18.9. The van der Waals surface area contributed by atoms with Gasteiger partial charge in [-0.25, -0.2) is 9.07 Å². The van der Waals surface area contributed by atoms with Crippen LogP contribution in [-0.2, 0) is 6.61 Å². The minimum absolute atomic E-state index is 0.0109. The van der Waals surface area contributed by atoms with E-state index in [9.17, 15) is 27.2 Å². The van der Waals surface area contributed by atoms with Crippen LogP contribution >= 0.6 is 0 Å². The second kappa shape index (κ2) is 12.1. The standard InChI is InChI=1S/C23H23F4N5O4/c24-16-4-3-5-18(12-16)36-13-19-20(22(35)28-10-1-2-11-33)30-31-32(19)17-8-6-15(7-9-17)21(34)29-14-23(25,26)27/h3-9,12,33H,1-2,10-11,13-14H2,(H,28,35)(H,29,34). The Morgan fingerprint density at radius 2 is 1.78 bits per heavy atom. The normalized spacial score (nSPS) is 11.2. The number of nitrogens with one attached hydrogen (secondary N) is 2. The molecule has 0 radical (unpaired) electrons. The summed E-state index contributed by atoms with van der Waals surface area (Å²) in [7, 11) is 0. The first kappa shape index (κ1) is 26.6. The van der Waals surface area contributed by atoms with Crippen molar-refractivity contribution in [1.82, 2.24) is 25.6 Å². The van der Waals surface area contributed by atoms with Crippen LogP contribution in [-0.4, -0.2) is 57.8 Å². The molecular weight excluding hydrogens is 486 g/mol. The van der Waals surface area contributed by atoms with Gasteiger partial charge in [-0.2, -0.15) is 13.2 Å². The van der Waals surface area contributed by atoms with Crippen molar-refractivity contribution in [3.05, 3.63) is 71.3 Å². The van der Waals surface area contributed by atoms with E-state index in [0.29, 0.717) is 18.5 Å². The third-order valence-corrected chi connectivity index (χ3v) is 4.84. The molecule has 9 nitrogen and oxygen atoms in total. The number of aliphatic hydroxyl groups excluding tert-OH is 1. The summed E-state index contributed by atoms with van der Waals surface area (Å²) in [6, 6.07) is 10.8. The van der Waals surface area contributed by atoms with Crippen molar-refractivity contribution >= 4 is 11.8 Å². The van der Waals surface area contributed by atoms with Crippen LogP contribution in [0.5, 0.6) is 5.75 Å². The maximum Gasteiger partial charge on any atom is 0.405 e. The van der Waals surface area contributed by atoms with Crippen LogP contribution in [0.15, 0.2) is 48.5 Å². The number of halogens is 4. The van der Waals surface area contributed by atoms with E-state index in [-0.39, 0.29) is 42.5 Å². The average Bonchev–Trinajstić information content (AvgIpc) is 3.27. The molecule has 0 aliphatic heterocycles. The molecule has 2 amide bonds. The van der Waals surface area contributed by atoms with Crippen molar-refractivity contribution in [2.75, 3.05) is 19.7 Å². The smallest absolute Gasteiger partial charge is 0.405 e. The summed E-state index contributed by atoms with van der Waals surface area (Å²) in [5.74, 6) is -1.76. The molecule has 0 aliphatic carbocycles. The van der Waals surface area contributed by atoms with Crippen LogP contribution in [0.4, 0.5) is 17.6 Å². The summed E-state index contributed by atoms with van der Waals surface area (Å²) in [4.78, 5) is 24.7. The van der Waals surface area contributed by atoms with Crippen LogP contribution in [0.25, 0.3) is 5.69 Å². The predicted molar refractivity (Wildman–Crippen MR) is 119 cm³/mol. The SMILES string of the molecule is O=C(NCC(F)(F)F)c1ccc(-n2nnc(C(=O)NCCCCO)c2COc2cccc(F)c2)cc1. The molecule has 0 unspecified atom stereocenters. The molecule has 0 saturated carbocycles. The van der Waals surface area contributed by atoms with Crippen LogP contribution in [0, 0.1) is 5.82 Å². The first-order valence-corrected chi connectivity index (χ1v) is 10.9. The summed E-state index contributed by atoms with van der Waals surface area (Å²) in [6.07, 6.45) is -3.49. The fourth-order valence-electron chi connectivity index (χ4n) is 3.08. The number of ether oxygens (including phenoxy) is 1. The molecule has 1 aromatic heterocycles. The quantitative estimate of drug-likeness (QED) is 0.270. The van der Waals surface area contributed by atoms with Gasteiger partial charge in [0.05, 0.1) is 5.69 Å². The van der Waals surface area contributed by atoms with Gasteiger partial charge in [-0.1, -0.05) is 11.3 Å². The van der Waals surface area contributed by atoms with Crippen LogP contribution in [0.1, 0.15) is 39.4 Å². The lowest BCUT2D eigenvalue weighted by molar-refractivity contribution is -0.123. The maximum atomic E-state index is 13.5. The Morgan fingerprint density at radius 1 is 1.03 bits per heavy atom. The second-order valence-corrected chi connectivity index (χ2v) is 7.57. The van der Waals surface area contributed by atoms with Gasteiger partial charge in [-0.15, -0.1) is 5.10 Å². The van der Waals surface area contributed by atoms with Crippen LogP contribution in [0.3, 0.4) is 0 Å². The van der Waals surface area contributed by atoms with Crippen LogP contribution in [0.2, 0.25) is 0 Å². The number of amides is 2. The Hall–Kier alpha value is -4.00. The fourth-order valence-corrected chi connectivity index (χ4v) is 3.08. The van der Waals surface area contributed by atoms with E-state index in [4.69, 9.17) is 9.84 Å². The monoisotopic (exact) mass is 509 g/mol. The predicted octanol–water partition coefficient (Wildman–Crippen LogP) is 2.78. The van der Waals surface area contributed by atoms with E-state index >= 15 is 0 Å². The van der Waals surface area contributed by atoms with Crippen LogP contribution < -0.4 is 15.4 Å². The lowest BCUT2D eigenvalue weighted by Crippen LogP contribution is -2.33. The van der Waals surface area contributed by atoms with Crippen molar-refractivity contribution in [1.29, 1.82) is 0 Å². The third kappa shape index (κ3) is 7.50. The molecule has 0 aliphatic rings. The van der Waals surface area contributed by atoms with Crippen molar-refractivity contribution in [2.45, 2.75) is 25.6 Å². The highest BCUT2D eigenvalue weighted by atomic mass is 19.4. The Morgan fingerprint density at radius 3 is 2.44 bits per heavy atom. The van der Waals surface area contributed by atoms with E-state index in [2.05, 4.69) is 15.6 Å². The fraction of sp³-hybridized carbons (Fsp3) is 0.304. The Kier molecular flexibility index (Phi) is 8.95. The van der Waals surface area contributed by atoms with Crippen molar-refractivity contribution in [3.63, 3.8) is 0 Å². The zero-order chi connectivity index (χ0) is 26.1. The summed E-state index contributed by atoms with van der Waals surface area (Å²) >= 11 is 0. The highest BCUT2D eigenvalue weighted by molar-refractivity contribution is 5.94. The number of aliphatic hydroxyl groups is 1. The third-order valence-electron chi connectivity index (χ3n) is 4.84. The van der Waals surface area contributed by atoms with Gasteiger partial charge in [0, 0.05) is 24.8 Å². The summed E-state index contributed by atoms with van der Waals surface area (Å²) in [5, 5.41) is 21.3. The van der Waals surface area contributed by atoms with Gasteiger partial charge in [0.2, 0.25) is 0 Å². The minimum Gasteiger partial charge on any atom is -0.487 e. The Labute approximate surface area is 203 Å². The molecule has 0 saturated heterocycles. The molecule has 0 atom stereocenters. The molecule has 0 bridgehead atoms. The Balaban J connectivity index is 1.83. The van der Waals surface area contributed by atoms with Gasteiger partial charge in [-0.3, -0.25) is 9.59 Å². The van der Waals surface area contributed by atoms with Crippen molar-refractivity contribution < 1.29 is 37.0 Å². The van der Waals surface area contributed by atoms with Gasteiger partial charge in [0.25, 0.3) is 11.8 Å². The molecule has 0 spiro atoms. The van der Waals surface area contributed by atoms with E-state index in [1.54, 1.807) is 5.32 Å². The summed E-state index contributed by atoms with van der Waals surface area (Å²) < 4.78 is 57.5. The first-order chi connectivity index (χ1) is 17.2. The molecule has 36 heavy (non-hydrogen) atoms. The number of benzene rings is 2. The minimum atomic E-state index is -4.54. The lowest BCUT2D eigenvalue weighted by atomic mass is 10.2. The van der Waals surface area contributed by atoms with E-state index < -0.39 is 30.4 Å². The van der Waals surface area contributed by atoms with E-state index in [1.165, 1.54) is 47.1 Å².